The van der Waals surface area contributed by atoms with Gasteiger partial charge in [0.25, 0.3) is 0 Å². The SMILES string of the molecule is COc1c(OCC(O)CNCCNCCN)cc2oc3cc(OCC(O)CNCCNCCN)c(CC=C(C)C)c(O)c3c(=O)c2c1CC=C(C)C. The van der Waals surface area contributed by atoms with Crippen molar-refractivity contribution < 1.29 is 33.9 Å². The van der Waals surface area contributed by atoms with Crippen LogP contribution in [-0.2, 0) is 12.8 Å². The molecule has 0 saturated heterocycles. The first-order valence-corrected chi connectivity index (χ1v) is 18.0. The molecule has 1 heterocycles. The number of hydrogen-bond donors (Lipinski definition) is 9. The van der Waals surface area contributed by atoms with Crippen molar-refractivity contribution in [3.63, 3.8) is 0 Å². The van der Waals surface area contributed by atoms with Gasteiger partial charge in [-0.1, -0.05) is 23.3 Å². The van der Waals surface area contributed by atoms with E-state index in [1.807, 2.05) is 39.8 Å². The predicted molar refractivity (Wildman–Crippen MR) is 207 cm³/mol. The van der Waals surface area contributed by atoms with Gasteiger partial charge in [-0.05, 0) is 40.5 Å². The van der Waals surface area contributed by atoms with Gasteiger partial charge >= 0.3 is 0 Å². The van der Waals surface area contributed by atoms with Gasteiger partial charge in [0, 0.05) is 88.7 Å². The number of phenols is 1. The van der Waals surface area contributed by atoms with Crippen molar-refractivity contribution >= 4 is 21.9 Å². The summed E-state index contributed by atoms with van der Waals surface area (Å²) >= 11 is 0. The summed E-state index contributed by atoms with van der Waals surface area (Å²) in [7, 11) is 1.50. The summed E-state index contributed by atoms with van der Waals surface area (Å²) in [5, 5.41) is 46.0. The van der Waals surface area contributed by atoms with E-state index in [2.05, 4.69) is 21.3 Å². The number of fused-ring (bicyclic) bond motifs is 2. The number of nitrogens with two attached hydrogens (primary N) is 2. The molecule has 0 fully saturated rings. The molecule has 0 aliphatic rings. The molecule has 2 unspecified atom stereocenters. The van der Waals surface area contributed by atoms with Crippen LogP contribution in [0.25, 0.3) is 21.9 Å². The molecule has 290 valence electrons. The van der Waals surface area contributed by atoms with Crippen LogP contribution in [0.5, 0.6) is 23.0 Å². The Labute approximate surface area is 306 Å². The second-order valence-corrected chi connectivity index (χ2v) is 13.2. The van der Waals surface area contributed by atoms with E-state index in [1.54, 1.807) is 12.1 Å². The lowest BCUT2D eigenvalue weighted by Crippen LogP contribution is -2.36. The summed E-state index contributed by atoms with van der Waals surface area (Å²) in [5.41, 5.74) is 13.9. The molecular weight excluding hydrogens is 668 g/mol. The summed E-state index contributed by atoms with van der Waals surface area (Å²) in [6.07, 6.45) is 2.86. The first kappa shape index (κ1) is 42.7. The average molecular weight is 729 g/mol. The molecule has 3 aromatic rings. The van der Waals surface area contributed by atoms with E-state index in [4.69, 9.17) is 30.1 Å². The van der Waals surface area contributed by atoms with Gasteiger partial charge in [-0.3, -0.25) is 4.79 Å². The standard InChI is InChI=1S/C38H60N6O8/c1-24(2)6-8-28-30(50-22-26(45)20-43-16-14-41-12-10-39)18-32-35(36(28)47)37(48)34-29(9-7-25(3)4)38(49-5)33(19-31(34)52-32)51-23-27(46)21-44-17-15-42-13-11-40/h6-7,18-19,26-27,41-47H,8-17,20-23,39-40H2,1-5H3. The van der Waals surface area contributed by atoms with Crippen LogP contribution in [0.1, 0.15) is 38.8 Å². The Hall–Kier alpha value is -3.73. The molecule has 2 atom stereocenters. The number of allylic oxidation sites excluding steroid dienone is 4. The summed E-state index contributed by atoms with van der Waals surface area (Å²) < 4.78 is 24.3. The molecule has 0 amide bonds. The number of phenolic OH excluding ortho intramolecular Hbond substituents is 1. The Morgan fingerprint density at radius 1 is 0.750 bits per heavy atom. The van der Waals surface area contributed by atoms with E-state index in [0.29, 0.717) is 94.4 Å². The molecule has 0 aliphatic carbocycles. The third kappa shape index (κ3) is 12.7. The third-order valence-corrected chi connectivity index (χ3v) is 8.17. The zero-order valence-corrected chi connectivity index (χ0v) is 31.4. The number of aromatic hydroxyl groups is 1. The van der Waals surface area contributed by atoms with Crippen molar-refractivity contribution in [1.29, 1.82) is 0 Å². The fourth-order valence-corrected chi connectivity index (χ4v) is 5.50. The van der Waals surface area contributed by atoms with Crippen LogP contribution in [0.3, 0.4) is 0 Å². The Bertz CT molecular complexity index is 1680. The summed E-state index contributed by atoms with van der Waals surface area (Å²) in [5.74, 6) is 0.676. The van der Waals surface area contributed by atoms with Gasteiger partial charge in [0.15, 0.2) is 11.5 Å². The molecule has 0 radical (unpaired) electrons. The van der Waals surface area contributed by atoms with Gasteiger partial charge < -0.3 is 66.7 Å². The van der Waals surface area contributed by atoms with E-state index in [1.165, 1.54) is 7.11 Å². The van der Waals surface area contributed by atoms with Crippen molar-refractivity contribution in [2.45, 2.75) is 52.7 Å². The van der Waals surface area contributed by atoms with Crippen LogP contribution < -0.4 is 52.4 Å². The van der Waals surface area contributed by atoms with Crippen molar-refractivity contribution in [1.82, 2.24) is 21.3 Å². The fourth-order valence-electron chi connectivity index (χ4n) is 5.50. The zero-order valence-electron chi connectivity index (χ0n) is 31.4. The van der Waals surface area contributed by atoms with Crippen LogP contribution in [0.4, 0.5) is 0 Å². The van der Waals surface area contributed by atoms with Crippen LogP contribution in [0.2, 0.25) is 0 Å². The van der Waals surface area contributed by atoms with Crippen molar-refractivity contribution in [3.8, 4) is 23.0 Å². The van der Waals surface area contributed by atoms with Crippen molar-refractivity contribution in [2.24, 2.45) is 11.5 Å². The maximum absolute atomic E-state index is 14.4. The van der Waals surface area contributed by atoms with Crippen LogP contribution in [0.15, 0.2) is 44.6 Å². The average Bonchev–Trinajstić information content (AvgIpc) is 3.10. The van der Waals surface area contributed by atoms with Gasteiger partial charge in [-0.15, -0.1) is 0 Å². The van der Waals surface area contributed by atoms with Gasteiger partial charge in [0.2, 0.25) is 5.43 Å². The Kier molecular flexibility index (Phi) is 18.4. The number of ether oxygens (including phenoxy) is 3. The smallest absolute Gasteiger partial charge is 0.204 e. The van der Waals surface area contributed by atoms with Gasteiger partial charge in [0.1, 0.15) is 53.5 Å². The molecule has 14 nitrogen and oxygen atoms in total. The number of nitrogens with one attached hydrogen (secondary N) is 4. The second kappa shape index (κ2) is 22.4. The largest absolute Gasteiger partial charge is 0.507 e. The van der Waals surface area contributed by atoms with Gasteiger partial charge in [0.05, 0.1) is 12.5 Å². The van der Waals surface area contributed by atoms with E-state index < -0.39 is 17.6 Å². The molecule has 0 bridgehead atoms. The quantitative estimate of drug-likeness (QED) is 0.0343. The first-order valence-electron chi connectivity index (χ1n) is 18.0. The molecule has 0 spiro atoms. The van der Waals surface area contributed by atoms with Crippen LogP contribution in [0, 0.1) is 0 Å². The van der Waals surface area contributed by atoms with E-state index in [9.17, 15) is 20.1 Å². The van der Waals surface area contributed by atoms with Gasteiger partial charge in [-0.2, -0.15) is 0 Å². The zero-order chi connectivity index (χ0) is 38.0. The lowest BCUT2D eigenvalue weighted by atomic mass is 9.98. The van der Waals surface area contributed by atoms with Gasteiger partial charge in [-0.25, -0.2) is 0 Å². The second-order valence-electron chi connectivity index (χ2n) is 13.2. The number of aliphatic hydroxyl groups excluding tert-OH is 2. The number of hydrogen-bond acceptors (Lipinski definition) is 14. The maximum Gasteiger partial charge on any atom is 0.204 e. The third-order valence-electron chi connectivity index (χ3n) is 8.17. The van der Waals surface area contributed by atoms with E-state index in [-0.39, 0.29) is 46.7 Å². The molecule has 11 N–H and O–H groups in total. The highest BCUT2D eigenvalue weighted by Gasteiger charge is 2.25. The molecule has 2 aromatic carbocycles. The van der Waals surface area contributed by atoms with Crippen LogP contribution >= 0.6 is 0 Å². The topological polar surface area (TPSA) is 219 Å². The minimum atomic E-state index is -0.838. The monoisotopic (exact) mass is 728 g/mol. The number of methoxy groups -OCH3 is 1. The maximum atomic E-state index is 14.4. The Balaban J connectivity index is 2.03. The molecular formula is C38H60N6O8. The lowest BCUT2D eigenvalue weighted by Gasteiger charge is -2.19. The normalized spacial score (nSPS) is 12.6. The molecule has 14 heteroatoms. The predicted octanol–water partition coefficient (Wildman–Crippen LogP) is 1.43. The number of rotatable bonds is 25. The van der Waals surface area contributed by atoms with E-state index >= 15 is 0 Å². The Morgan fingerprint density at radius 2 is 1.23 bits per heavy atom. The molecule has 52 heavy (non-hydrogen) atoms. The molecule has 0 aliphatic heterocycles. The summed E-state index contributed by atoms with van der Waals surface area (Å²) in [6, 6.07) is 3.16. The Morgan fingerprint density at radius 3 is 1.75 bits per heavy atom. The minimum Gasteiger partial charge on any atom is -0.507 e. The summed E-state index contributed by atoms with van der Waals surface area (Å²) in [6.45, 7) is 13.6. The summed E-state index contributed by atoms with van der Waals surface area (Å²) in [4.78, 5) is 14.4. The van der Waals surface area contributed by atoms with Crippen molar-refractivity contribution in [2.75, 3.05) is 85.8 Å². The molecule has 0 saturated carbocycles. The van der Waals surface area contributed by atoms with E-state index in [0.717, 1.165) is 17.7 Å². The highest BCUT2D eigenvalue weighted by Crippen LogP contribution is 2.41. The van der Waals surface area contributed by atoms with Crippen LogP contribution in [-0.4, -0.2) is 113 Å². The minimum absolute atomic E-state index is 0.0146. The number of benzene rings is 2. The highest BCUT2D eigenvalue weighted by atomic mass is 16.5. The fraction of sp³-hybridized carbons (Fsp3) is 0.553. The lowest BCUT2D eigenvalue weighted by molar-refractivity contribution is 0.105. The molecule has 3 rings (SSSR count). The highest BCUT2D eigenvalue weighted by molar-refractivity contribution is 5.98. The first-order chi connectivity index (χ1) is 25.0. The number of aliphatic hydroxyl groups is 2. The molecule has 1 aromatic heterocycles. The van der Waals surface area contributed by atoms with Crippen molar-refractivity contribution in [3.05, 3.63) is 56.8 Å².